The third-order valence-corrected chi connectivity index (χ3v) is 4.50. The van der Waals surface area contributed by atoms with Gasteiger partial charge in [0.05, 0.1) is 13.2 Å². The number of para-hydroxylation sites is 2. The van der Waals surface area contributed by atoms with E-state index in [0.717, 1.165) is 5.75 Å². The smallest absolute Gasteiger partial charge is 0.228 e. The predicted octanol–water partition coefficient (Wildman–Crippen LogP) is 2.96. The summed E-state index contributed by atoms with van der Waals surface area (Å²) in [5.41, 5.74) is -0.374. The number of carbonyl (C=O) groups excluding carboxylic acids is 2. The van der Waals surface area contributed by atoms with Crippen molar-refractivity contribution in [2.75, 3.05) is 39.4 Å². The molecule has 6 nitrogen and oxygen atoms in total. The maximum Gasteiger partial charge on any atom is 0.228 e. The molecule has 0 bridgehead atoms. The van der Waals surface area contributed by atoms with Crippen LogP contribution >= 0.6 is 0 Å². The first kappa shape index (κ1) is 21.1. The van der Waals surface area contributed by atoms with Crippen LogP contribution in [-0.4, -0.2) is 61.0 Å². The average Bonchev–Trinajstić information content (AvgIpc) is 2.65. The summed E-state index contributed by atoms with van der Waals surface area (Å²) in [6.07, 6.45) is 1.10. The summed E-state index contributed by atoms with van der Waals surface area (Å²) in [6.45, 7) is 11.2. The third-order valence-electron chi connectivity index (χ3n) is 4.50. The number of rotatable bonds is 7. The second kappa shape index (κ2) is 9.62. The highest BCUT2D eigenvalue weighted by Crippen LogP contribution is 2.26. The molecule has 2 amide bonds. The molecule has 0 aromatic heterocycles. The fraction of sp³-hybridized carbons (Fsp3) is 0.619. The van der Waals surface area contributed by atoms with Gasteiger partial charge in [0.1, 0.15) is 0 Å². The lowest BCUT2D eigenvalue weighted by Gasteiger charge is -2.37. The lowest BCUT2D eigenvalue weighted by atomic mass is 9.94. The van der Waals surface area contributed by atoms with Crippen molar-refractivity contribution >= 4 is 11.8 Å². The molecule has 1 aliphatic heterocycles. The number of ether oxygens (including phenoxy) is 2. The summed E-state index contributed by atoms with van der Waals surface area (Å²) in [5, 5.41) is 0. The Labute approximate surface area is 162 Å². The maximum atomic E-state index is 12.4. The number of hydrogen-bond acceptors (Lipinski definition) is 4. The molecule has 1 aliphatic rings. The Hall–Kier alpha value is -2.24. The highest BCUT2D eigenvalue weighted by atomic mass is 16.5. The van der Waals surface area contributed by atoms with E-state index < -0.39 is 0 Å². The van der Waals surface area contributed by atoms with E-state index in [2.05, 4.69) is 0 Å². The van der Waals surface area contributed by atoms with Crippen molar-refractivity contribution in [1.29, 1.82) is 0 Å². The molecule has 0 unspecified atom stereocenters. The first-order valence-corrected chi connectivity index (χ1v) is 9.74. The lowest BCUT2D eigenvalue weighted by Crippen LogP contribution is -2.53. The monoisotopic (exact) mass is 376 g/mol. The van der Waals surface area contributed by atoms with Crippen LogP contribution in [0.5, 0.6) is 11.5 Å². The first-order chi connectivity index (χ1) is 12.8. The summed E-state index contributed by atoms with van der Waals surface area (Å²) >= 11 is 0. The van der Waals surface area contributed by atoms with Crippen molar-refractivity contribution < 1.29 is 19.1 Å². The van der Waals surface area contributed by atoms with Crippen LogP contribution in [0.2, 0.25) is 0 Å². The standard InChI is InChI=1S/C21H32N2O4/c1-5-26-17-9-6-7-10-18(17)27-16-8-11-19(24)22-12-14-23(15-13-22)20(25)21(2,3)4/h6-7,9-10H,5,8,11-16H2,1-4H3. The van der Waals surface area contributed by atoms with E-state index in [1.807, 2.05) is 61.8 Å². The van der Waals surface area contributed by atoms with Gasteiger partial charge in [0.15, 0.2) is 11.5 Å². The van der Waals surface area contributed by atoms with Crippen molar-refractivity contribution in [2.24, 2.45) is 5.41 Å². The van der Waals surface area contributed by atoms with Gasteiger partial charge in [0, 0.05) is 38.0 Å². The lowest BCUT2D eigenvalue weighted by molar-refractivity contribution is -0.145. The molecule has 0 aliphatic carbocycles. The Bertz CT molecular complexity index is 631. The fourth-order valence-electron chi connectivity index (χ4n) is 3.04. The second-order valence-corrected chi connectivity index (χ2v) is 7.75. The molecule has 0 saturated carbocycles. The Kier molecular flexibility index (Phi) is 7.51. The maximum absolute atomic E-state index is 12.4. The Balaban J connectivity index is 1.71. The molecule has 1 heterocycles. The zero-order valence-corrected chi connectivity index (χ0v) is 17.0. The molecule has 1 aromatic rings. The van der Waals surface area contributed by atoms with Crippen LogP contribution in [0.4, 0.5) is 0 Å². The Morgan fingerprint density at radius 1 is 0.963 bits per heavy atom. The van der Waals surface area contributed by atoms with Gasteiger partial charge in [-0.15, -0.1) is 0 Å². The van der Waals surface area contributed by atoms with Gasteiger partial charge < -0.3 is 19.3 Å². The van der Waals surface area contributed by atoms with Gasteiger partial charge in [-0.3, -0.25) is 9.59 Å². The molecule has 1 fully saturated rings. The highest BCUT2D eigenvalue weighted by molar-refractivity contribution is 5.82. The number of amides is 2. The van der Waals surface area contributed by atoms with E-state index in [4.69, 9.17) is 9.47 Å². The first-order valence-electron chi connectivity index (χ1n) is 9.74. The zero-order chi connectivity index (χ0) is 19.9. The van der Waals surface area contributed by atoms with Gasteiger partial charge in [0.2, 0.25) is 11.8 Å². The van der Waals surface area contributed by atoms with Crippen molar-refractivity contribution in [2.45, 2.75) is 40.5 Å². The summed E-state index contributed by atoms with van der Waals surface area (Å²) in [4.78, 5) is 28.4. The molecular weight excluding hydrogens is 344 g/mol. The minimum Gasteiger partial charge on any atom is -0.490 e. The summed E-state index contributed by atoms with van der Waals surface area (Å²) in [5.74, 6) is 1.71. The number of benzene rings is 1. The number of carbonyl (C=O) groups is 2. The highest BCUT2D eigenvalue weighted by Gasteiger charge is 2.30. The number of piperazine rings is 1. The van der Waals surface area contributed by atoms with Gasteiger partial charge in [-0.25, -0.2) is 0 Å². The van der Waals surface area contributed by atoms with E-state index >= 15 is 0 Å². The third kappa shape index (κ3) is 6.15. The molecule has 6 heteroatoms. The van der Waals surface area contributed by atoms with Gasteiger partial charge in [-0.05, 0) is 25.5 Å². The van der Waals surface area contributed by atoms with Crippen molar-refractivity contribution in [3.8, 4) is 11.5 Å². The summed E-state index contributed by atoms with van der Waals surface area (Å²) < 4.78 is 11.3. The van der Waals surface area contributed by atoms with Crippen LogP contribution in [0.15, 0.2) is 24.3 Å². The summed E-state index contributed by atoms with van der Waals surface area (Å²) in [7, 11) is 0. The molecule has 0 N–H and O–H groups in total. The van der Waals surface area contributed by atoms with Crippen molar-refractivity contribution in [3.05, 3.63) is 24.3 Å². The quantitative estimate of drug-likeness (QED) is 0.687. The van der Waals surface area contributed by atoms with Crippen LogP contribution in [-0.2, 0) is 9.59 Å². The molecule has 0 spiro atoms. The number of nitrogens with zero attached hydrogens (tertiary/aromatic N) is 2. The number of hydrogen-bond donors (Lipinski definition) is 0. The average molecular weight is 376 g/mol. The normalized spacial score (nSPS) is 14.8. The largest absolute Gasteiger partial charge is 0.490 e. The van der Waals surface area contributed by atoms with Gasteiger partial charge >= 0.3 is 0 Å². The van der Waals surface area contributed by atoms with Crippen LogP contribution in [0.25, 0.3) is 0 Å². The molecule has 2 rings (SSSR count). The predicted molar refractivity (Wildman–Crippen MR) is 105 cm³/mol. The molecule has 1 saturated heterocycles. The Morgan fingerprint density at radius 2 is 1.52 bits per heavy atom. The van der Waals surface area contributed by atoms with E-state index in [1.165, 1.54) is 0 Å². The van der Waals surface area contributed by atoms with E-state index in [9.17, 15) is 9.59 Å². The molecule has 27 heavy (non-hydrogen) atoms. The minimum atomic E-state index is -0.374. The van der Waals surface area contributed by atoms with Gasteiger partial charge in [-0.2, -0.15) is 0 Å². The second-order valence-electron chi connectivity index (χ2n) is 7.75. The molecule has 150 valence electrons. The topological polar surface area (TPSA) is 59.1 Å². The molecular formula is C21H32N2O4. The van der Waals surface area contributed by atoms with Gasteiger partial charge in [-0.1, -0.05) is 32.9 Å². The van der Waals surface area contributed by atoms with E-state index in [1.54, 1.807) is 0 Å². The van der Waals surface area contributed by atoms with Crippen LogP contribution < -0.4 is 9.47 Å². The Morgan fingerprint density at radius 3 is 2.07 bits per heavy atom. The van der Waals surface area contributed by atoms with E-state index in [0.29, 0.717) is 58.0 Å². The SMILES string of the molecule is CCOc1ccccc1OCCCC(=O)N1CCN(C(=O)C(C)(C)C)CC1. The minimum absolute atomic E-state index is 0.125. The summed E-state index contributed by atoms with van der Waals surface area (Å²) in [6, 6.07) is 7.56. The van der Waals surface area contributed by atoms with Crippen LogP contribution in [0.1, 0.15) is 40.5 Å². The molecule has 0 atom stereocenters. The molecule has 1 aromatic carbocycles. The van der Waals surface area contributed by atoms with Crippen LogP contribution in [0, 0.1) is 5.41 Å². The fourth-order valence-corrected chi connectivity index (χ4v) is 3.04. The van der Waals surface area contributed by atoms with Gasteiger partial charge in [0.25, 0.3) is 0 Å². The van der Waals surface area contributed by atoms with E-state index in [-0.39, 0.29) is 17.2 Å². The van der Waals surface area contributed by atoms with Crippen molar-refractivity contribution in [3.63, 3.8) is 0 Å². The zero-order valence-electron chi connectivity index (χ0n) is 17.0. The molecule has 0 radical (unpaired) electrons. The van der Waals surface area contributed by atoms with Crippen molar-refractivity contribution in [1.82, 2.24) is 9.80 Å². The van der Waals surface area contributed by atoms with Crippen LogP contribution in [0.3, 0.4) is 0 Å².